The van der Waals surface area contributed by atoms with Gasteiger partial charge in [-0.25, -0.2) is 9.36 Å². The van der Waals surface area contributed by atoms with Crippen molar-refractivity contribution in [2.45, 2.75) is 33.7 Å². The van der Waals surface area contributed by atoms with Gasteiger partial charge in [0.2, 0.25) is 5.91 Å². The van der Waals surface area contributed by atoms with Crippen LogP contribution in [0.5, 0.6) is 0 Å². The first-order valence-corrected chi connectivity index (χ1v) is 11.0. The summed E-state index contributed by atoms with van der Waals surface area (Å²) in [6.07, 6.45) is 0.861. The van der Waals surface area contributed by atoms with E-state index in [0.29, 0.717) is 21.6 Å². The smallest absolute Gasteiger partial charge is 0.325 e. The van der Waals surface area contributed by atoms with Gasteiger partial charge in [0.25, 0.3) is 5.56 Å². The molecule has 2 aromatic carbocycles. The third-order valence-electron chi connectivity index (χ3n) is 5.42. The number of fused-ring (bicyclic) bond motifs is 1. The number of rotatable bonds is 5. The van der Waals surface area contributed by atoms with Crippen LogP contribution in [0.15, 0.2) is 63.5 Å². The molecule has 7 heteroatoms. The number of hydrogen-bond acceptors (Lipinski definition) is 4. The van der Waals surface area contributed by atoms with Crippen LogP contribution in [0, 0.1) is 13.8 Å². The van der Waals surface area contributed by atoms with E-state index in [1.807, 2.05) is 57.2 Å². The van der Waals surface area contributed by atoms with Gasteiger partial charge in [-0.05, 0) is 72.7 Å². The summed E-state index contributed by atoms with van der Waals surface area (Å²) in [5.41, 5.74) is 3.91. The molecule has 0 spiro atoms. The van der Waals surface area contributed by atoms with E-state index in [4.69, 9.17) is 0 Å². The van der Waals surface area contributed by atoms with Gasteiger partial charge in [-0.1, -0.05) is 25.1 Å². The van der Waals surface area contributed by atoms with Crippen molar-refractivity contribution in [1.29, 1.82) is 0 Å². The van der Waals surface area contributed by atoms with Crippen molar-refractivity contribution in [1.82, 2.24) is 9.13 Å². The Hall–Kier alpha value is -3.45. The molecule has 0 aliphatic heterocycles. The Balaban J connectivity index is 1.78. The van der Waals surface area contributed by atoms with Gasteiger partial charge in [0.15, 0.2) is 0 Å². The second-order valence-corrected chi connectivity index (χ2v) is 8.43. The Bertz CT molecular complexity index is 1410. The van der Waals surface area contributed by atoms with Crippen molar-refractivity contribution < 1.29 is 4.79 Å². The third-order valence-corrected chi connectivity index (χ3v) is 6.32. The first-order chi connectivity index (χ1) is 14.9. The van der Waals surface area contributed by atoms with Crippen LogP contribution in [0.4, 0.5) is 5.69 Å². The third kappa shape index (κ3) is 3.96. The zero-order chi connectivity index (χ0) is 22.1. The van der Waals surface area contributed by atoms with Crippen LogP contribution in [0.2, 0.25) is 0 Å². The van der Waals surface area contributed by atoms with Gasteiger partial charge in [-0.2, -0.15) is 0 Å². The molecule has 2 aromatic heterocycles. The van der Waals surface area contributed by atoms with E-state index >= 15 is 0 Å². The largest absolute Gasteiger partial charge is 0.336 e. The number of nitrogens with zero attached hydrogens (tertiary/aromatic N) is 2. The quantitative estimate of drug-likeness (QED) is 0.516. The van der Waals surface area contributed by atoms with Crippen LogP contribution in [0.25, 0.3) is 15.9 Å². The predicted octanol–water partition coefficient (Wildman–Crippen LogP) is 4.03. The highest BCUT2D eigenvalue weighted by molar-refractivity contribution is 7.17. The van der Waals surface area contributed by atoms with E-state index in [0.717, 1.165) is 27.7 Å². The van der Waals surface area contributed by atoms with Crippen molar-refractivity contribution in [2.24, 2.45) is 0 Å². The van der Waals surface area contributed by atoms with Crippen LogP contribution in [0.3, 0.4) is 0 Å². The fraction of sp³-hybridized carbons (Fsp3) is 0.208. The lowest BCUT2D eigenvalue weighted by Crippen LogP contribution is -2.40. The van der Waals surface area contributed by atoms with Crippen LogP contribution >= 0.6 is 11.3 Å². The summed E-state index contributed by atoms with van der Waals surface area (Å²) in [6, 6.07) is 14.8. The number of aromatic nitrogens is 2. The zero-order valence-electron chi connectivity index (χ0n) is 17.6. The summed E-state index contributed by atoms with van der Waals surface area (Å²) >= 11 is 1.26. The SMILES string of the molecule is CCc1cccc(NC(=O)Cn2c(=O)n(-c3ccc(C)c(C)c3)c(=O)c3sccc32)c1. The van der Waals surface area contributed by atoms with Crippen LogP contribution in [-0.2, 0) is 17.8 Å². The summed E-state index contributed by atoms with van der Waals surface area (Å²) in [6.45, 7) is 5.77. The molecule has 6 nitrogen and oxygen atoms in total. The van der Waals surface area contributed by atoms with Crippen LogP contribution in [-0.4, -0.2) is 15.0 Å². The van der Waals surface area contributed by atoms with Crippen LogP contribution in [0.1, 0.15) is 23.6 Å². The molecule has 0 aliphatic carbocycles. The Kier molecular flexibility index (Phi) is 5.61. The summed E-state index contributed by atoms with van der Waals surface area (Å²) < 4.78 is 2.95. The van der Waals surface area contributed by atoms with Gasteiger partial charge in [0.05, 0.1) is 11.2 Å². The highest BCUT2D eigenvalue weighted by Gasteiger charge is 2.18. The van der Waals surface area contributed by atoms with Gasteiger partial charge in [-0.15, -0.1) is 11.3 Å². The van der Waals surface area contributed by atoms with Crippen molar-refractivity contribution >= 4 is 33.1 Å². The number of carbonyl (C=O) groups is 1. The Morgan fingerprint density at radius 3 is 2.58 bits per heavy atom. The van der Waals surface area contributed by atoms with E-state index in [1.54, 1.807) is 17.5 Å². The van der Waals surface area contributed by atoms with E-state index in [2.05, 4.69) is 5.32 Å². The summed E-state index contributed by atoms with van der Waals surface area (Å²) in [5, 5.41) is 4.62. The summed E-state index contributed by atoms with van der Waals surface area (Å²) in [7, 11) is 0. The van der Waals surface area contributed by atoms with Crippen molar-refractivity contribution in [3.05, 3.63) is 91.4 Å². The lowest BCUT2D eigenvalue weighted by atomic mass is 10.1. The topological polar surface area (TPSA) is 73.1 Å². The molecule has 0 unspecified atom stereocenters. The summed E-state index contributed by atoms with van der Waals surface area (Å²) in [5.74, 6) is -0.326. The molecular formula is C24H23N3O3S. The molecule has 158 valence electrons. The molecular weight excluding hydrogens is 410 g/mol. The number of carbonyl (C=O) groups excluding carboxylic acids is 1. The number of hydrogen-bond donors (Lipinski definition) is 1. The minimum absolute atomic E-state index is 0.187. The maximum atomic E-state index is 13.3. The van der Waals surface area contributed by atoms with E-state index < -0.39 is 5.69 Å². The maximum Gasteiger partial charge on any atom is 0.336 e. The molecule has 31 heavy (non-hydrogen) atoms. The van der Waals surface area contributed by atoms with Gasteiger partial charge in [-0.3, -0.25) is 14.2 Å². The Morgan fingerprint density at radius 2 is 1.84 bits per heavy atom. The maximum absolute atomic E-state index is 13.3. The van der Waals surface area contributed by atoms with Gasteiger partial charge >= 0.3 is 5.69 Å². The Labute approximate surface area is 183 Å². The van der Waals surface area contributed by atoms with Crippen LogP contribution < -0.4 is 16.6 Å². The van der Waals surface area contributed by atoms with E-state index in [-0.39, 0.29) is 18.0 Å². The first kappa shape index (κ1) is 20.8. The molecule has 0 aliphatic rings. The number of amides is 1. The number of benzene rings is 2. The highest BCUT2D eigenvalue weighted by Crippen LogP contribution is 2.18. The lowest BCUT2D eigenvalue weighted by molar-refractivity contribution is -0.116. The molecule has 1 N–H and O–H groups in total. The molecule has 4 rings (SSSR count). The number of anilines is 1. The lowest BCUT2D eigenvalue weighted by Gasteiger charge is -2.13. The van der Waals surface area contributed by atoms with Crippen molar-refractivity contribution in [3.63, 3.8) is 0 Å². The van der Waals surface area contributed by atoms with Gasteiger partial charge in [0, 0.05) is 5.69 Å². The second kappa shape index (κ2) is 8.35. The fourth-order valence-corrected chi connectivity index (χ4v) is 4.37. The average molecular weight is 434 g/mol. The first-order valence-electron chi connectivity index (χ1n) is 10.1. The number of thiophene rings is 1. The van der Waals surface area contributed by atoms with E-state index in [9.17, 15) is 14.4 Å². The number of nitrogens with one attached hydrogen (secondary N) is 1. The molecule has 1 amide bonds. The summed E-state index contributed by atoms with van der Waals surface area (Å²) in [4.78, 5) is 39.2. The van der Waals surface area contributed by atoms with Crippen molar-refractivity contribution in [2.75, 3.05) is 5.32 Å². The molecule has 2 heterocycles. The molecule has 0 saturated heterocycles. The van der Waals surface area contributed by atoms with Gasteiger partial charge < -0.3 is 5.32 Å². The van der Waals surface area contributed by atoms with Gasteiger partial charge in [0.1, 0.15) is 11.2 Å². The average Bonchev–Trinajstić information content (AvgIpc) is 3.24. The molecule has 0 fully saturated rings. The zero-order valence-corrected chi connectivity index (χ0v) is 18.5. The molecule has 0 saturated carbocycles. The minimum Gasteiger partial charge on any atom is -0.325 e. The highest BCUT2D eigenvalue weighted by atomic mass is 32.1. The molecule has 0 bridgehead atoms. The van der Waals surface area contributed by atoms with E-state index in [1.165, 1.54) is 15.9 Å². The minimum atomic E-state index is -0.531. The molecule has 0 radical (unpaired) electrons. The predicted molar refractivity (Wildman–Crippen MR) is 126 cm³/mol. The monoisotopic (exact) mass is 433 g/mol. The molecule has 0 atom stereocenters. The Morgan fingerprint density at radius 1 is 1.03 bits per heavy atom. The standard InChI is InChI=1S/C24H23N3O3S/c1-4-17-6-5-7-18(13-17)25-21(28)14-26-20-10-11-31-22(20)23(29)27(24(26)30)19-9-8-15(2)16(3)12-19/h5-13H,4,14H2,1-3H3,(H,25,28). The second-order valence-electron chi connectivity index (χ2n) is 7.51. The fourth-order valence-electron chi connectivity index (χ4n) is 3.55. The normalized spacial score (nSPS) is 11.1. The number of aryl methyl sites for hydroxylation is 3. The molecule has 4 aromatic rings. The van der Waals surface area contributed by atoms with Crippen molar-refractivity contribution in [3.8, 4) is 5.69 Å².